The van der Waals surface area contributed by atoms with E-state index in [-0.39, 0.29) is 5.82 Å². The quantitative estimate of drug-likeness (QED) is 0.853. The van der Waals surface area contributed by atoms with Crippen LogP contribution in [-0.2, 0) is 22.1 Å². The van der Waals surface area contributed by atoms with Crippen molar-refractivity contribution < 1.29 is 22.7 Å². The molecule has 0 aliphatic heterocycles. The standard InChI is InChI=1S/C10H11N3O5S/c1-2-13-8(11-6-12-13)5-19(16,17)9-4-3-7(18-9)10(14)15/h3-4,6H,2,5H2,1H3,(H,14,15). The maximum Gasteiger partial charge on any atom is 0.371 e. The van der Waals surface area contributed by atoms with Crippen LogP contribution in [0.25, 0.3) is 0 Å². The van der Waals surface area contributed by atoms with E-state index in [4.69, 9.17) is 9.52 Å². The Hall–Kier alpha value is -2.16. The largest absolute Gasteiger partial charge is 0.475 e. The predicted molar refractivity (Wildman–Crippen MR) is 62.3 cm³/mol. The van der Waals surface area contributed by atoms with E-state index in [9.17, 15) is 13.2 Å². The highest BCUT2D eigenvalue weighted by Gasteiger charge is 2.23. The van der Waals surface area contributed by atoms with E-state index >= 15 is 0 Å². The molecule has 0 saturated carbocycles. The van der Waals surface area contributed by atoms with Crippen molar-refractivity contribution in [2.75, 3.05) is 0 Å². The van der Waals surface area contributed by atoms with Crippen LogP contribution in [0.3, 0.4) is 0 Å². The van der Waals surface area contributed by atoms with Crippen molar-refractivity contribution in [2.45, 2.75) is 24.3 Å². The monoisotopic (exact) mass is 285 g/mol. The third kappa shape index (κ3) is 2.65. The average molecular weight is 285 g/mol. The molecule has 8 nitrogen and oxygen atoms in total. The van der Waals surface area contributed by atoms with Crippen LogP contribution in [0.15, 0.2) is 28.0 Å². The third-order valence-corrected chi connectivity index (χ3v) is 3.88. The van der Waals surface area contributed by atoms with Crippen LogP contribution >= 0.6 is 0 Å². The number of hydrogen-bond donors (Lipinski definition) is 1. The lowest BCUT2D eigenvalue weighted by molar-refractivity contribution is 0.0656. The first-order valence-corrected chi connectivity index (χ1v) is 7.02. The van der Waals surface area contributed by atoms with Gasteiger partial charge in [0.1, 0.15) is 17.9 Å². The molecule has 102 valence electrons. The second-order valence-electron chi connectivity index (χ2n) is 3.67. The van der Waals surface area contributed by atoms with Gasteiger partial charge in [-0.1, -0.05) is 0 Å². The van der Waals surface area contributed by atoms with E-state index in [1.165, 1.54) is 11.0 Å². The smallest absolute Gasteiger partial charge is 0.371 e. The normalized spacial score (nSPS) is 11.6. The van der Waals surface area contributed by atoms with Gasteiger partial charge in [-0.3, -0.25) is 0 Å². The minimum absolute atomic E-state index is 0.274. The van der Waals surface area contributed by atoms with Crippen molar-refractivity contribution in [3.63, 3.8) is 0 Å². The molecule has 0 bridgehead atoms. The summed E-state index contributed by atoms with van der Waals surface area (Å²) in [6, 6.07) is 2.21. The van der Waals surface area contributed by atoms with E-state index in [0.29, 0.717) is 6.54 Å². The van der Waals surface area contributed by atoms with E-state index in [0.717, 1.165) is 12.1 Å². The summed E-state index contributed by atoms with van der Waals surface area (Å²) >= 11 is 0. The van der Waals surface area contributed by atoms with Crippen LogP contribution in [0.2, 0.25) is 0 Å². The Bertz CT molecular complexity index is 700. The van der Waals surface area contributed by atoms with E-state index in [1.807, 2.05) is 0 Å². The first-order valence-electron chi connectivity index (χ1n) is 5.36. The molecule has 0 radical (unpaired) electrons. The molecule has 1 N–H and O–H groups in total. The number of carbonyl (C=O) groups is 1. The Labute approximate surface area is 108 Å². The SMILES string of the molecule is CCn1ncnc1CS(=O)(=O)c1ccc(C(=O)O)o1. The summed E-state index contributed by atoms with van der Waals surface area (Å²) in [5.74, 6) is -1.86. The van der Waals surface area contributed by atoms with Gasteiger partial charge in [0.05, 0.1) is 0 Å². The van der Waals surface area contributed by atoms with Crippen molar-refractivity contribution in [3.8, 4) is 0 Å². The molecule has 0 aromatic carbocycles. The van der Waals surface area contributed by atoms with Gasteiger partial charge in [-0.15, -0.1) is 0 Å². The molecular weight excluding hydrogens is 274 g/mol. The first kappa shape index (κ1) is 13.3. The van der Waals surface area contributed by atoms with Crippen LogP contribution in [0.4, 0.5) is 0 Å². The summed E-state index contributed by atoms with van der Waals surface area (Å²) in [4.78, 5) is 14.5. The fraction of sp³-hybridized carbons (Fsp3) is 0.300. The topological polar surface area (TPSA) is 115 Å². The number of carboxylic acid groups (broad SMARTS) is 1. The zero-order chi connectivity index (χ0) is 14.0. The number of aromatic carboxylic acids is 1. The van der Waals surface area contributed by atoms with Crippen molar-refractivity contribution >= 4 is 15.8 Å². The van der Waals surface area contributed by atoms with Crippen molar-refractivity contribution in [2.24, 2.45) is 0 Å². The summed E-state index contributed by atoms with van der Waals surface area (Å²) in [5.41, 5.74) is 0. The fourth-order valence-corrected chi connectivity index (χ4v) is 2.71. The molecule has 0 atom stereocenters. The van der Waals surface area contributed by atoms with E-state index in [2.05, 4.69) is 10.1 Å². The summed E-state index contributed by atoms with van der Waals surface area (Å²) in [6.07, 6.45) is 1.26. The second-order valence-corrected chi connectivity index (χ2v) is 5.60. The van der Waals surface area contributed by atoms with Crippen molar-refractivity contribution in [1.82, 2.24) is 14.8 Å². The van der Waals surface area contributed by atoms with Gasteiger partial charge in [-0.25, -0.2) is 22.9 Å². The summed E-state index contributed by atoms with van der Waals surface area (Å²) in [7, 11) is -3.78. The molecule has 2 heterocycles. The summed E-state index contributed by atoms with van der Waals surface area (Å²) < 4.78 is 30.3. The second kappa shape index (κ2) is 4.84. The molecule has 0 saturated heterocycles. The Kier molecular flexibility index (Phi) is 3.38. The van der Waals surface area contributed by atoms with Gasteiger partial charge in [-0.05, 0) is 19.1 Å². The number of sulfone groups is 1. The van der Waals surface area contributed by atoms with Gasteiger partial charge in [-0.2, -0.15) is 5.10 Å². The van der Waals surface area contributed by atoms with Gasteiger partial charge < -0.3 is 9.52 Å². The minimum atomic E-state index is -3.78. The molecule has 2 rings (SSSR count). The lowest BCUT2D eigenvalue weighted by atomic mass is 10.5. The molecule has 0 aliphatic carbocycles. The zero-order valence-electron chi connectivity index (χ0n) is 9.98. The van der Waals surface area contributed by atoms with Crippen LogP contribution < -0.4 is 0 Å². The highest BCUT2D eigenvalue weighted by molar-refractivity contribution is 7.90. The molecule has 0 unspecified atom stereocenters. The number of rotatable bonds is 5. The number of hydrogen-bond acceptors (Lipinski definition) is 6. The number of aromatic nitrogens is 3. The molecule has 0 amide bonds. The van der Waals surface area contributed by atoms with E-state index < -0.39 is 32.4 Å². The number of carboxylic acids is 1. The highest BCUT2D eigenvalue weighted by Crippen LogP contribution is 2.18. The van der Waals surface area contributed by atoms with Gasteiger partial charge in [0.15, 0.2) is 0 Å². The van der Waals surface area contributed by atoms with Gasteiger partial charge in [0, 0.05) is 6.54 Å². The molecular formula is C10H11N3O5S. The number of nitrogens with zero attached hydrogens (tertiary/aromatic N) is 3. The molecule has 2 aromatic heterocycles. The third-order valence-electron chi connectivity index (χ3n) is 2.41. The van der Waals surface area contributed by atoms with Crippen LogP contribution in [0, 0.1) is 0 Å². The van der Waals surface area contributed by atoms with Crippen LogP contribution in [0.1, 0.15) is 23.3 Å². The van der Waals surface area contributed by atoms with Crippen molar-refractivity contribution in [1.29, 1.82) is 0 Å². The molecule has 0 aliphatic rings. The minimum Gasteiger partial charge on any atom is -0.475 e. The average Bonchev–Trinajstić information content (AvgIpc) is 2.95. The molecule has 19 heavy (non-hydrogen) atoms. The summed E-state index contributed by atoms with van der Waals surface area (Å²) in [5, 5.41) is 12.2. The molecule has 0 fully saturated rings. The van der Waals surface area contributed by atoms with Crippen LogP contribution in [-0.4, -0.2) is 34.3 Å². The highest BCUT2D eigenvalue weighted by atomic mass is 32.2. The maximum absolute atomic E-state index is 12.0. The van der Waals surface area contributed by atoms with Crippen molar-refractivity contribution in [3.05, 3.63) is 30.0 Å². The Morgan fingerprint density at radius 3 is 2.79 bits per heavy atom. The number of aryl methyl sites for hydroxylation is 1. The Morgan fingerprint density at radius 2 is 2.21 bits per heavy atom. The Morgan fingerprint density at radius 1 is 1.47 bits per heavy atom. The Balaban J connectivity index is 2.29. The zero-order valence-corrected chi connectivity index (χ0v) is 10.8. The molecule has 0 spiro atoms. The summed E-state index contributed by atoms with van der Waals surface area (Å²) in [6.45, 7) is 2.30. The first-order chi connectivity index (χ1) is 8.94. The van der Waals surface area contributed by atoms with E-state index in [1.54, 1.807) is 6.92 Å². The van der Waals surface area contributed by atoms with Crippen LogP contribution in [0.5, 0.6) is 0 Å². The van der Waals surface area contributed by atoms with Gasteiger partial charge in [0.2, 0.25) is 20.7 Å². The predicted octanol–water partition coefficient (Wildman–Crippen LogP) is 0.563. The lowest BCUT2D eigenvalue weighted by Gasteiger charge is -2.02. The van der Waals surface area contributed by atoms with Gasteiger partial charge >= 0.3 is 5.97 Å². The van der Waals surface area contributed by atoms with Gasteiger partial charge in [0.25, 0.3) is 0 Å². The molecule has 2 aromatic rings. The fourth-order valence-electron chi connectivity index (χ4n) is 1.51. The number of furan rings is 1. The maximum atomic E-state index is 12.0. The molecule has 9 heteroatoms. The lowest BCUT2D eigenvalue weighted by Crippen LogP contribution is -2.11.